The number of carbonyl (C=O) groups is 1. The number of primary amides is 1. The van der Waals surface area contributed by atoms with E-state index < -0.39 is 0 Å². The molecule has 1 aromatic carbocycles. The Morgan fingerprint density at radius 3 is 2.47 bits per heavy atom. The SMILES string of the molecule is C[C@@H]1CN(c2ccccc2C(N)=O)C[C@H](C)O1. The largest absolute Gasteiger partial charge is 0.372 e. The molecule has 1 aliphatic heterocycles. The van der Waals surface area contributed by atoms with E-state index in [1.54, 1.807) is 6.07 Å². The van der Waals surface area contributed by atoms with E-state index in [1.165, 1.54) is 0 Å². The number of hydrogen-bond acceptors (Lipinski definition) is 3. The number of nitrogens with zero attached hydrogens (tertiary/aromatic N) is 1. The fourth-order valence-corrected chi connectivity index (χ4v) is 2.33. The van der Waals surface area contributed by atoms with Crippen molar-refractivity contribution in [2.75, 3.05) is 18.0 Å². The van der Waals surface area contributed by atoms with Gasteiger partial charge in [-0.1, -0.05) is 12.1 Å². The standard InChI is InChI=1S/C13H18N2O2/c1-9-7-15(8-10(2)17-9)12-6-4-3-5-11(12)13(14)16/h3-6,9-10H,7-8H2,1-2H3,(H2,14,16)/t9-,10+. The molecule has 4 nitrogen and oxygen atoms in total. The summed E-state index contributed by atoms with van der Waals surface area (Å²) in [6.45, 7) is 5.65. The van der Waals surface area contributed by atoms with Crippen LogP contribution in [0.1, 0.15) is 24.2 Å². The first kappa shape index (κ1) is 11.9. The van der Waals surface area contributed by atoms with Gasteiger partial charge in [0.15, 0.2) is 0 Å². The number of amides is 1. The van der Waals surface area contributed by atoms with E-state index in [9.17, 15) is 4.79 Å². The Balaban J connectivity index is 2.30. The third-order valence-corrected chi connectivity index (χ3v) is 2.93. The molecule has 1 heterocycles. The maximum Gasteiger partial charge on any atom is 0.250 e. The van der Waals surface area contributed by atoms with Crippen LogP contribution in [0.5, 0.6) is 0 Å². The Morgan fingerprint density at radius 1 is 1.29 bits per heavy atom. The lowest BCUT2D eigenvalue weighted by atomic mass is 10.1. The Bertz CT molecular complexity index is 410. The first-order valence-corrected chi connectivity index (χ1v) is 5.87. The number of benzene rings is 1. The number of para-hydroxylation sites is 1. The third-order valence-electron chi connectivity index (χ3n) is 2.93. The normalized spacial score (nSPS) is 24.7. The molecule has 0 saturated carbocycles. The summed E-state index contributed by atoms with van der Waals surface area (Å²) in [5, 5.41) is 0. The number of ether oxygens (including phenoxy) is 1. The molecule has 92 valence electrons. The summed E-state index contributed by atoms with van der Waals surface area (Å²) in [5.41, 5.74) is 6.88. The monoisotopic (exact) mass is 234 g/mol. The number of morpholine rings is 1. The predicted octanol–water partition coefficient (Wildman–Crippen LogP) is 1.40. The molecule has 1 aliphatic rings. The second-order valence-electron chi connectivity index (χ2n) is 4.54. The van der Waals surface area contributed by atoms with Crippen LogP contribution in [0.3, 0.4) is 0 Å². The van der Waals surface area contributed by atoms with E-state index in [0.29, 0.717) is 5.56 Å². The molecule has 1 fully saturated rings. The predicted molar refractivity (Wildman–Crippen MR) is 67.2 cm³/mol. The van der Waals surface area contributed by atoms with Gasteiger partial charge in [-0.15, -0.1) is 0 Å². The highest BCUT2D eigenvalue weighted by molar-refractivity contribution is 5.98. The van der Waals surface area contributed by atoms with Crippen molar-refractivity contribution in [3.8, 4) is 0 Å². The highest BCUT2D eigenvalue weighted by atomic mass is 16.5. The van der Waals surface area contributed by atoms with Crippen LogP contribution in [-0.4, -0.2) is 31.2 Å². The molecule has 0 aromatic heterocycles. The molecule has 0 unspecified atom stereocenters. The average molecular weight is 234 g/mol. The van der Waals surface area contributed by atoms with Gasteiger partial charge in [0.2, 0.25) is 0 Å². The first-order valence-electron chi connectivity index (χ1n) is 5.87. The number of carbonyl (C=O) groups excluding carboxylic acids is 1. The van der Waals surface area contributed by atoms with Crippen LogP contribution in [-0.2, 0) is 4.74 Å². The Labute approximate surface area is 101 Å². The lowest BCUT2D eigenvalue weighted by Crippen LogP contribution is -2.46. The fraction of sp³-hybridized carbons (Fsp3) is 0.462. The van der Waals surface area contributed by atoms with Crippen molar-refractivity contribution in [1.82, 2.24) is 0 Å². The highest BCUT2D eigenvalue weighted by Crippen LogP contribution is 2.23. The minimum Gasteiger partial charge on any atom is -0.372 e. The Morgan fingerprint density at radius 2 is 1.88 bits per heavy atom. The fourth-order valence-electron chi connectivity index (χ4n) is 2.33. The zero-order valence-electron chi connectivity index (χ0n) is 10.2. The first-order chi connectivity index (χ1) is 8.08. The zero-order valence-corrected chi connectivity index (χ0v) is 10.2. The van der Waals surface area contributed by atoms with Gasteiger partial charge in [-0.05, 0) is 26.0 Å². The van der Waals surface area contributed by atoms with E-state index >= 15 is 0 Å². The lowest BCUT2D eigenvalue weighted by Gasteiger charge is -2.37. The number of anilines is 1. The molecule has 0 spiro atoms. The van der Waals surface area contributed by atoms with Gasteiger partial charge in [0.25, 0.3) is 5.91 Å². The van der Waals surface area contributed by atoms with E-state index in [4.69, 9.17) is 10.5 Å². The Kier molecular flexibility index (Phi) is 3.33. The van der Waals surface area contributed by atoms with Gasteiger partial charge in [-0.25, -0.2) is 0 Å². The average Bonchev–Trinajstić information content (AvgIpc) is 2.27. The molecule has 2 rings (SSSR count). The number of rotatable bonds is 2. The molecule has 17 heavy (non-hydrogen) atoms. The summed E-state index contributed by atoms with van der Waals surface area (Å²) in [6.07, 6.45) is 0.333. The third kappa shape index (κ3) is 2.58. The lowest BCUT2D eigenvalue weighted by molar-refractivity contribution is -0.00526. The topological polar surface area (TPSA) is 55.6 Å². The van der Waals surface area contributed by atoms with Crippen LogP contribution in [0.2, 0.25) is 0 Å². The van der Waals surface area contributed by atoms with Crippen LogP contribution in [0.15, 0.2) is 24.3 Å². The maximum atomic E-state index is 11.4. The van der Waals surface area contributed by atoms with Crippen LogP contribution in [0.25, 0.3) is 0 Å². The van der Waals surface area contributed by atoms with Gasteiger partial charge in [-0.2, -0.15) is 0 Å². The van der Waals surface area contributed by atoms with Gasteiger partial charge in [0.1, 0.15) is 0 Å². The summed E-state index contributed by atoms with van der Waals surface area (Å²) in [4.78, 5) is 13.6. The van der Waals surface area contributed by atoms with Crippen molar-refractivity contribution in [2.24, 2.45) is 5.73 Å². The molecule has 0 bridgehead atoms. The quantitative estimate of drug-likeness (QED) is 0.841. The van der Waals surface area contributed by atoms with Crippen molar-refractivity contribution in [2.45, 2.75) is 26.1 Å². The Hall–Kier alpha value is -1.55. The molecule has 1 aromatic rings. The van der Waals surface area contributed by atoms with Gasteiger partial charge in [-0.3, -0.25) is 4.79 Å². The van der Waals surface area contributed by atoms with Gasteiger partial charge >= 0.3 is 0 Å². The molecule has 2 N–H and O–H groups in total. The second kappa shape index (κ2) is 4.75. The van der Waals surface area contributed by atoms with E-state index in [-0.39, 0.29) is 18.1 Å². The minimum absolute atomic E-state index is 0.166. The molecule has 1 amide bonds. The van der Waals surface area contributed by atoms with Crippen LogP contribution in [0.4, 0.5) is 5.69 Å². The summed E-state index contributed by atoms with van der Waals surface area (Å²) < 4.78 is 5.68. The van der Waals surface area contributed by atoms with Gasteiger partial charge in [0.05, 0.1) is 17.8 Å². The highest BCUT2D eigenvalue weighted by Gasteiger charge is 2.24. The number of hydrogen-bond donors (Lipinski definition) is 1. The molecule has 2 atom stereocenters. The molecular weight excluding hydrogens is 216 g/mol. The number of nitrogens with two attached hydrogens (primary N) is 1. The molecule has 4 heteroatoms. The van der Waals surface area contributed by atoms with Crippen molar-refractivity contribution >= 4 is 11.6 Å². The second-order valence-corrected chi connectivity index (χ2v) is 4.54. The molecule has 1 saturated heterocycles. The smallest absolute Gasteiger partial charge is 0.250 e. The van der Waals surface area contributed by atoms with Crippen molar-refractivity contribution < 1.29 is 9.53 Å². The molecular formula is C13H18N2O2. The van der Waals surface area contributed by atoms with E-state index in [1.807, 2.05) is 32.0 Å². The van der Waals surface area contributed by atoms with Gasteiger partial charge < -0.3 is 15.4 Å². The van der Waals surface area contributed by atoms with Crippen molar-refractivity contribution in [3.05, 3.63) is 29.8 Å². The summed E-state index contributed by atoms with van der Waals surface area (Å²) >= 11 is 0. The zero-order chi connectivity index (χ0) is 12.4. The molecule has 0 radical (unpaired) electrons. The summed E-state index contributed by atoms with van der Waals surface area (Å²) in [5.74, 6) is -0.382. The maximum absolute atomic E-state index is 11.4. The van der Waals surface area contributed by atoms with Crippen LogP contribution < -0.4 is 10.6 Å². The summed E-state index contributed by atoms with van der Waals surface area (Å²) in [7, 11) is 0. The van der Waals surface area contributed by atoms with Crippen molar-refractivity contribution in [3.63, 3.8) is 0 Å². The van der Waals surface area contributed by atoms with Crippen molar-refractivity contribution in [1.29, 1.82) is 0 Å². The van der Waals surface area contributed by atoms with Gasteiger partial charge in [0, 0.05) is 18.8 Å². The van der Waals surface area contributed by atoms with Crippen LogP contribution >= 0.6 is 0 Å². The summed E-state index contributed by atoms with van der Waals surface area (Å²) in [6, 6.07) is 7.46. The molecule has 0 aliphatic carbocycles. The van der Waals surface area contributed by atoms with Crippen LogP contribution in [0, 0.1) is 0 Å². The van der Waals surface area contributed by atoms with E-state index in [2.05, 4.69) is 4.90 Å². The van der Waals surface area contributed by atoms with E-state index in [0.717, 1.165) is 18.8 Å². The minimum atomic E-state index is -0.382.